The summed E-state index contributed by atoms with van der Waals surface area (Å²) in [5.41, 5.74) is 12.2. The van der Waals surface area contributed by atoms with Gasteiger partial charge in [0, 0.05) is 10.8 Å². The van der Waals surface area contributed by atoms with Gasteiger partial charge < -0.3 is 20.3 Å². The molecule has 6 heteroatoms. The van der Waals surface area contributed by atoms with Crippen molar-refractivity contribution in [3.63, 3.8) is 0 Å². The third kappa shape index (κ3) is 4.59. The number of nitrogens with zero attached hydrogens (tertiary/aromatic N) is 1. The molecule has 5 rings (SSSR count). The molecule has 6 nitrogen and oxygen atoms in total. The predicted molar refractivity (Wildman–Crippen MR) is 143 cm³/mol. The highest BCUT2D eigenvalue weighted by Crippen LogP contribution is 2.36. The summed E-state index contributed by atoms with van der Waals surface area (Å²) in [6.45, 7) is 0.885. The number of fused-ring (bicyclic) bond motifs is 2. The average Bonchev–Trinajstić information content (AvgIpc) is 2.89. The molecule has 0 saturated heterocycles. The van der Waals surface area contributed by atoms with E-state index in [1.165, 1.54) is 0 Å². The summed E-state index contributed by atoms with van der Waals surface area (Å²) in [5.74, 6) is 1.74. The molecule has 0 aliphatic heterocycles. The number of phenolic OH excluding ortho intramolecular Hbond substituents is 1. The van der Waals surface area contributed by atoms with Crippen LogP contribution in [-0.4, -0.2) is 25.4 Å². The first-order valence-electron chi connectivity index (χ1n) is 11.4. The normalized spacial score (nSPS) is 10.9. The van der Waals surface area contributed by atoms with Crippen LogP contribution < -0.4 is 25.6 Å². The lowest BCUT2D eigenvalue weighted by Crippen LogP contribution is -2.34. The quantitative estimate of drug-likeness (QED) is 0.187. The van der Waals surface area contributed by atoms with E-state index in [1.807, 2.05) is 89.9 Å². The summed E-state index contributed by atoms with van der Waals surface area (Å²) < 4.78 is 11.2. The Morgan fingerprint density at radius 3 is 2.31 bits per heavy atom. The molecule has 176 valence electrons. The maximum atomic E-state index is 10.7. The third-order valence-corrected chi connectivity index (χ3v) is 6.00. The van der Waals surface area contributed by atoms with Crippen LogP contribution in [0.4, 0.5) is 17.1 Å². The highest BCUT2D eigenvalue weighted by Gasteiger charge is 2.16. The molecule has 0 aliphatic rings. The Balaban J connectivity index is 1.51. The van der Waals surface area contributed by atoms with E-state index in [9.17, 15) is 5.11 Å². The van der Waals surface area contributed by atoms with Crippen molar-refractivity contribution in [1.82, 2.24) is 0 Å². The molecule has 0 bridgehead atoms. The van der Waals surface area contributed by atoms with Crippen molar-refractivity contribution in [2.24, 2.45) is 0 Å². The first kappa shape index (κ1) is 22.2. The number of anilines is 3. The molecule has 0 heterocycles. The number of hydrazine groups is 1. The zero-order valence-corrected chi connectivity index (χ0v) is 19.4. The van der Waals surface area contributed by atoms with Crippen molar-refractivity contribution in [2.75, 3.05) is 36.4 Å². The molecular weight excluding hydrogens is 438 g/mol. The lowest BCUT2D eigenvalue weighted by atomic mass is 10.1. The number of hydrogen-bond acceptors (Lipinski definition) is 6. The first-order chi connectivity index (χ1) is 17.1. The zero-order chi connectivity index (χ0) is 24.2. The van der Waals surface area contributed by atoms with E-state index in [1.54, 1.807) is 13.2 Å². The lowest BCUT2D eigenvalue weighted by Gasteiger charge is -2.29. The molecule has 0 atom stereocenters. The minimum atomic E-state index is 0.215. The van der Waals surface area contributed by atoms with Crippen LogP contribution in [0.1, 0.15) is 0 Å². The fourth-order valence-corrected chi connectivity index (χ4v) is 4.24. The second kappa shape index (κ2) is 9.73. The number of rotatable bonds is 8. The molecule has 0 amide bonds. The van der Waals surface area contributed by atoms with Crippen molar-refractivity contribution in [3.8, 4) is 17.2 Å². The number of aromatic hydroxyl groups is 1. The van der Waals surface area contributed by atoms with Crippen LogP contribution in [0.25, 0.3) is 21.5 Å². The number of benzene rings is 5. The fourth-order valence-electron chi connectivity index (χ4n) is 4.24. The van der Waals surface area contributed by atoms with E-state index in [2.05, 4.69) is 11.5 Å². The molecule has 4 N–H and O–H groups in total. The lowest BCUT2D eigenvalue weighted by molar-refractivity contribution is 0.325. The van der Waals surface area contributed by atoms with Crippen LogP contribution in [-0.2, 0) is 0 Å². The van der Waals surface area contributed by atoms with Crippen LogP contribution in [0.5, 0.6) is 17.2 Å². The Morgan fingerprint density at radius 2 is 1.51 bits per heavy atom. The van der Waals surface area contributed by atoms with Crippen molar-refractivity contribution in [1.29, 1.82) is 0 Å². The van der Waals surface area contributed by atoms with Gasteiger partial charge in [-0.3, -0.25) is 10.4 Å². The Bertz CT molecular complexity index is 1460. The van der Waals surface area contributed by atoms with Gasteiger partial charge in [0.05, 0.1) is 30.7 Å². The van der Waals surface area contributed by atoms with E-state index in [4.69, 9.17) is 15.2 Å². The number of methoxy groups -OCH3 is 1. The van der Waals surface area contributed by atoms with Gasteiger partial charge in [0.15, 0.2) is 0 Å². The SMILES string of the molecule is COc1ccc(OCCN(Nc2c(N)ccc3ccccc23)c2cccc3cccc(O)c23)cc1. The summed E-state index contributed by atoms with van der Waals surface area (Å²) in [4.78, 5) is 0. The van der Waals surface area contributed by atoms with Crippen LogP contribution >= 0.6 is 0 Å². The molecule has 5 aromatic rings. The molecule has 0 saturated carbocycles. The zero-order valence-electron chi connectivity index (χ0n) is 19.4. The summed E-state index contributed by atoms with van der Waals surface area (Å²) in [5, 5.41) is 16.5. The monoisotopic (exact) mass is 465 g/mol. The van der Waals surface area contributed by atoms with E-state index in [0.29, 0.717) is 18.8 Å². The summed E-state index contributed by atoms with van der Waals surface area (Å²) >= 11 is 0. The molecule has 0 spiro atoms. The van der Waals surface area contributed by atoms with Crippen LogP contribution in [0.2, 0.25) is 0 Å². The molecular formula is C29H27N3O3. The van der Waals surface area contributed by atoms with E-state index in [0.717, 1.165) is 44.4 Å². The second-order valence-corrected chi connectivity index (χ2v) is 8.19. The molecule has 0 radical (unpaired) electrons. The minimum Gasteiger partial charge on any atom is -0.507 e. The topological polar surface area (TPSA) is 80.0 Å². The van der Waals surface area contributed by atoms with E-state index in [-0.39, 0.29) is 5.75 Å². The van der Waals surface area contributed by atoms with Gasteiger partial charge in [0.2, 0.25) is 0 Å². The molecule has 0 unspecified atom stereocenters. The van der Waals surface area contributed by atoms with Gasteiger partial charge in [0.25, 0.3) is 0 Å². The molecule has 0 aliphatic carbocycles. The standard InChI is InChI=1S/C29H27N3O3/c1-34-22-13-15-23(16-14-22)35-19-18-32(26-10-4-7-21-8-5-11-27(33)28(21)26)31-29-24-9-3-2-6-20(24)12-17-25(29)30/h2-17,31,33H,18-19,30H2,1H3. The van der Waals surface area contributed by atoms with Crippen molar-refractivity contribution >= 4 is 38.6 Å². The van der Waals surface area contributed by atoms with Gasteiger partial charge in [-0.25, -0.2) is 0 Å². The highest BCUT2D eigenvalue weighted by molar-refractivity contribution is 6.02. The number of ether oxygens (including phenoxy) is 2. The van der Waals surface area contributed by atoms with Crippen molar-refractivity contribution < 1.29 is 14.6 Å². The van der Waals surface area contributed by atoms with E-state index >= 15 is 0 Å². The van der Waals surface area contributed by atoms with Gasteiger partial charge >= 0.3 is 0 Å². The van der Waals surface area contributed by atoms with Gasteiger partial charge in [-0.2, -0.15) is 0 Å². The summed E-state index contributed by atoms with van der Waals surface area (Å²) in [6, 6.07) is 31.0. The smallest absolute Gasteiger partial charge is 0.125 e. The maximum absolute atomic E-state index is 10.7. The Morgan fingerprint density at radius 1 is 0.800 bits per heavy atom. The predicted octanol–water partition coefficient (Wildman–Crippen LogP) is 6.20. The molecule has 0 fully saturated rings. The van der Waals surface area contributed by atoms with Crippen molar-refractivity contribution in [3.05, 3.63) is 97.1 Å². The summed E-state index contributed by atoms with van der Waals surface area (Å²) in [6.07, 6.45) is 0. The van der Waals surface area contributed by atoms with Gasteiger partial charge in [-0.1, -0.05) is 54.6 Å². The number of hydrogen-bond donors (Lipinski definition) is 3. The molecule has 35 heavy (non-hydrogen) atoms. The maximum Gasteiger partial charge on any atom is 0.125 e. The van der Waals surface area contributed by atoms with Gasteiger partial charge in [0.1, 0.15) is 23.9 Å². The molecule has 5 aromatic carbocycles. The van der Waals surface area contributed by atoms with Gasteiger partial charge in [-0.05, 0) is 53.2 Å². The Labute approximate surface area is 204 Å². The molecule has 0 aromatic heterocycles. The number of nitrogen functional groups attached to an aromatic ring is 1. The van der Waals surface area contributed by atoms with Gasteiger partial charge in [-0.15, -0.1) is 0 Å². The van der Waals surface area contributed by atoms with E-state index < -0.39 is 0 Å². The number of nitrogens with one attached hydrogen (secondary N) is 1. The third-order valence-electron chi connectivity index (χ3n) is 6.00. The van der Waals surface area contributed by atoms with Crippen molar-refractivity contribution in [2.45, 2.75) is 0 Å². The fraction of sp³-hybridized carbons (Fsp3) is 0.103. The number of phenols is 1. The van der Waals surface area contributed by atoms with Crippen LogP contribution in [0.3, 0.4) is 0 Å². The second-order valence-electron chi connectivity index (χ2n) is 8.19. The Kier molecular flexibility index (Phi) is 6.18. The highest BCUT2D eigenvalue weighted by atomic mass is 16.5. The average molecular weight is 466 g/mol. The largest absolute Gasteiger partial charge is 0.507 e. The first-order valence-corrected chi connectivity index (χ1v) is 11.4. The number of nitrogens with two attached hydrogens (primary N) is 1. The Hall–Kier alpha value is -4.58. The minimum absolute atomic E-state index is 0.215. The van der Waals surface area contributed by atoms with Crippen LogP contribution in [0, 0.1) is 0 Å². The summed E-state index contributed by atoms with van der Waals surface area (Å²) in [7, 11) is 1.64. The van der Waals surface area contributed by atoms with Crippen LogP contribution in [0.15, 0.2) is 97.1 Å².